The van der Waals surface area contributed by atoms with Crippen molar-refractivity contribution in [3.63, 3.8) is 0 Å². The molecule has 0 saturated carbocycles. The van der Waals surface area contributed by atoms with Crippen molar-refractivity contribution in [1.82, 2.24) is 9.62 Å². The monoisotopic (exact) mass is 380 g/mol. The Morgan fingerprint density at radius 2 is 1.88 bits per heavy atom. The van der Waals surface area contributed by atoms with E-state index in [1.165, 1.54) is 20.2 Å². The van der Waals surface area contributed by atoms with E-state index in [1.807, 2.05) is 30.3 Å². The minimum atomic E-state index is -4.09. The van der Waals surface area contributed by atoms with Gasteiger partial charge >= 0.3 is 0 Å². The zero-order valence-corrected chi connectivity index (χ0v) is 15.6. The first-order valence-electron chi connectivity index (χ1n) is 7.90. The van der Waals surface area contributed by atoms with E-state index < -0.39 is 28.3 Å². The molecule has 26 heavy (non-hydrogen) atoms. The van der Waals surface area contributed by atoms with E-state index in [0.717, 1.165) is 22.0 Å². The molecule has 0 radical (unpaired) electrons. The number of benzene rings is 2. The van der Waals surface area contributed by atoms with Crippen LogP contribution in [0.4, 0.5) is 4.39 Å². The Morgan fingerprint density at radius 1 is 1.23 bits per heavy atom. The molecule has 8 heteroatoms. The van der Waals surface area contributed by atoms with Crippen LogP contribution >= 0.6 is 0 Å². The lowest BCUT2D eigenvalue weighted by atomic mass is 10.1. The van der Waals surface area contributed by atoms with Gasteiger partial charge in [0.05, 0.1) is 19.7 Å². The summed E-state index contributed by atoms with van der Waals surface area (Å²) in [6.07, 6.45) is 0. The van der Waals surface area contributed by atoms with Gasteiger partial charge in [-0.05, 0) is 30.7 Å². The molecule has 2 aromatic rings. The second-order valence-electron chi connectivity index (χ2n) is 5.76. The molecule has 2 rings (SSSR count). The van der Waals surface area contributed by atoms with Crippen LogP contribution in [-0.2, 0) is 14.8 Å². The smallest absolute Gasteiger partial charge is 0.247 e. The minimum Gasteiger partial charge on any atom is -0.495 e. The largest absolute Gasteiger partial charge is 0.495 e. The SMILES string of the molecule is COc1ccc(F)cc1S(=O)(=O)N(C)CC(=O)NC(C)c1ccccc1. The molecule has 1 N–H and O–H groups in total. The number of likely N-dealkylation sites (N-methyl/N-ethyl adjacent to an activating group) is 1. The van der Waals surface area contributed by atoms with Crippen molar-refractivity contribution >= 4 is 15.9 Å². The Bertz CT molecular complexity index is 872. The quantitative estimate of drug-likeness (QED) is 0.800. The van der Waals surface area contributed by atoms with Gasteiger partial charge in [0.1, 0.15) is 16.5 Å². The summed E-state index contributed by atoms with van der Waals surface area (Å²) < 4.78 is 44.6. The zero-order chi connectivity index (χ0) is 19.3. The average molecular weight is 380 g/mol. The van der Waals surface area contributed by atoms with E-state index in [-0.39, 0.29) is 16.7 Å². The van der Waals surface area contributed by atoms with E-state index in [0.29, 0.717) is 0 Å². The van der Waals surface area contributed by atoms with Crippen LogP contribution in [0.2, 0.25) is 0 Å². The van der Waals surface area contributed by atoms with Gasteiger partial charge in [-0.25, -0.2) is 12.8 Å². The van der Waals surface area contributed by atoms with Crippen molar-refractivity contribution in [2.75, 3.05) is 20.7 Å². The highest BCUT2D eigenvalue weighted by molar-refractivity contribution is 7.89. The standard InChI is InChI=1S/C18H21FN2O4S/c1-13(14-7-5-4-6-8-14)20-18(22)12-21(2)26(23,24)17-11-15(19)9-10-16(17)25-3/h4-11,13H,12H2,1-3H3,(H,20,22). The van der Waals surface area contributed by atoms with Gasteiger partial charge in [-0.3, -0.25) is 4.79 Å². The Hall–Kier alpha value is -2.45. The highest BCUT2D eigenvalue weighted by atomic mass is 32.2. The summed E-state index contributed by atoms with van der Waals surface area (Å²) in [5.41, 5.74) is 0.901. The Morgan fingerprint density at radius 3 is 2.50 bits per heavy atom. The number of nitrogens with one attached hydrogen (secondary N) is 1. The van der Waals surface area contributed by atoms with E-state index in [2.05, 4.69) is 5.32 Å². The molecule has 2 aromatic carbocycles. The van der Waals surface area contributed by atoms with Crippen molar-refractivity contribution in [3.8, 4) is 5.75 Å². The molecular weight excluding hydrogens is 359 g/mol. The molecule has 1 unspecified atom stereocenters. The molecule has 0 heterocycles. The van der Waals surface area contributed by atoms with Crippen LogP contribution in [0.5, 0.6) is 5.75 Å². The number of halogens is 1. The van der Waals surface area contributed by atoms with E-state index in [4.69, 9.17) is 4.74 Å². The lowest BCUT2D eigenvalue weighted by molar-refractivity contribution is -0.121. The summed E-state index contributed by atoms with van der Waals surface area (Å²) >= 11 is 0. The molecule has 0 spiro atoms. The molecule has 0 fully saturated rings. The lowest BCUT2D eigenvalue weighted by Crippen LogP contribution is -2.39. The normalized spacial score (nSPS) is 12.7. The summed E-state index contributed by atoms with van der Waals surface area (Å²) in [5, 5.41) is 2.74. The summed E-state index contributed by atoms with van der Waals surface area (Å²) in [6, 6.07) is 12.2. The zero-order valence-electron chi connectivity index (χ0n) is 14.8. The Balaban J connectivity index is 2.12. The number of hydrogen-bond donors (Lipinski definition) is 1. The maximum Gasteiger partial charge on any atom is 0.247 e. The molecule has 0 aliphatic rings. The molecule has 1 amide bonds. The molecule has 0 aliphatic heterocycles. The van der Waals surface area contributed by atoms with Gasteiger partial charge in [0.15, 0.2) is 0 Å². The second kappa shape index (κ2) is 8.29. The maximum atomic E-state index is 13.5. The van der Waals surface area contributed by atoms with Crippen molar-refractivity contribution < 1.29 is 22.3 Å². The van der Waals surface area contributed by atoms with Gasteiger partial charge in [-0.2, -0.15) is 4.31 Å². The number of rotatable bonds is 7. The Kier molecular flexibility index (Phi) is 6.33. The number of amides is 1. The van der Waals surface area contributed by atoms with E-state index in [9.17, 15) is 17.6 Å². The van der Waals surface area contributed by atoms with Crippen molar-refractivity contribution in [3.05, 3.63) is 59.9 Å². The molecule has 0 saturated heterocycles. The van der Waals surface area contributed by atoms with Gasteiger partial charge in [0.2, 0.25) is 15.9 Å². The molecule has 0 bridgehead atoms. The van der Waals surface area contributed by atoms with Gasteiger partial charge in [-0.1, -0.05) is 30.3 Å². The first-order valence-corrected chi connectivity index (χ1v) is 9.34. The molecular formula is C18H21FN2O4S. The van der Waals surface area contributed by atoms with E-state index >= 15 is 0 Å². The maximum absolute atomic E-state index is 13.5. The van der Waals surface area contributed by atoms with Crippen LogP contribution < -0.4 is 10.1 Å². The summed E-state index contributed by atoms with van der Waals surface area (Å²) in [4.78, 5) is 11.9. The number of carbonyl (C=O) groups is 1. The van der Waals surface area contributed by atoms with Crippen LogP contribution in [-0.4, -0.2) is 39.3 Å². The fourth-order valence-corrected chi connectivity index (χ4v) is 3.71. The highest BCUT2D eigenvalue weighted by Gasteiger charge is 2.27. The predicted molar refractivity (Wildman–Crippen MR) is 95.8 cm³/mol. The summed E-state index contributed by atoms with van der Waals surface area (Å²) in [5.74, 6) is -1.17. The van der Waals surface area contributed by atoms with Crippen molar-refractivity contribution in [1.29, 1.82) is 0 Å². The molecule has 1 atom stereocenters. The van der Waals surface area contributed by atoms with Gasteiger partial charge < -0.3 is 10.1 Å². The number of nitrogens with zero attached hydrogens (tertiary/aromatic N) is 1. The van der Waals surface area contributed by atoms with Crippen LogP contribution in [0.25, 0.3) is 0 Å². The van der Waals surface area contributed by atoms with Crippen LogP contribution in [0.15, 0.2) is 53.4 Å². The number of sulfonamides is 1. The number of ether oxygens (including phenoxy) is 1. The second-order valence-corrected chi connectivity index (χ2v) is 7.77. The molecule has 140 valence electrons. The van der Waals surface area contributed by atoms with E-state index in [1.54, 1.807) is 6.92 Å². The average Bonchev–Trinajstić information content (AvgIpc) is 2.62. The highest BCUT2D eigenvalue weighted by Crippen LogP contribution is 2.26. The lowest BCUT2D eigenvalue weighted by Gasteiger charge is -2.20. The number of hydrogen-bond acceptors (Lipinski definition) is 4. The third kappa shape index (κ3) is 4.59. The van der Waals surface area contributed by atoms with Crippen LogP contribution in [0.3, 0.4) is 0 Å². The molecule has 0 aliphatic carbocycles. The first kappa shape index (κ1) is 19.9. The first-order chi connectivity index (χ1) is 12.3. The number of methoxy groups -OCH3 is 1. The van der Waals surface area contributed by atoms with Crippen molar-refractivity contribution in [2.24, 2.45) is 0 Å². The topological polar surface area (TPSA) is 75.7 Å². The predicted octanol–water partition coefficient (Wildman–Crippen LogP) is 2.33. The van der Waals surface area contributed by atoms with Gasteiger partial charge in [0, 0.05) is 7.05 Å². The Labute approximate surface area is 152 Å². The van der Waals surface area contributed by atoms with Gasteiger partial charge in [0.25, 0.3) is 0 Å². The van der Waals surface area contributed by atoms with Crippen LogP contribution in [0, 0.1) is 5.82 Å². The summed E-state index contributed by atoms with van der Waals surface area (Å²) in [6.45, 7) is 1.40. The van der Waals surface area contributed by atoms with Gasteiger partial charge in [-0.15, -0.1) is 0 Å². The van der Waals surface area contributed by atoms with Crippen molar-refractivity contribution in [2.45, 2.75) is 17.9 Å². The third-order valence-corrected chi connectivity index (χ3v) is 5.68. The summed E-state index contributed by atoms with van der Waals surface area (Å²) in [7, 11) is -1.54. The minimum absolute atomic E-state index is 0.0105. The van der Waals surface area contributed by atoms with Crippen LogP contribution in [0.1, 0.15) is 18.5 Å². The third-order valence-electron chi connectivity index (χ3n) is 3.86. The fraction of sp³-hybridized carbons (Fsp3) is 0.278. The molecule has 6 nitrogen and oxygen atoms in total. The molecule has 0 aromatic heterocycles. The fourth-order valence-electron chi connectivity index (χ4n) is 2.42. The number of carbonyl (C=O) groups excluding carboxylic acids is 1.